The first-order chi connectivity index (χ1) is 10.2. The largest absolute Gasteiger partial charge is 0.494 e. The number of hydrogen-bond donors (Lipinski definition) is 2. The number of nitrogens with zero attached hydrogens (tertiary/aromatic N) is 1. The minimum atomic E-state index is -0.116. The quantitative estimate of drug-likeness (QED) is 0.718. The van der Waals surface area contributed by atoms with Crippen LogP contribution in [0.15, 0.2) is 18.2 Å². The maximum absolute atomic E-state index is 11.7. The van der Waals surface area contributed by atoms with E-state index in [0.717, 1.165) is 16.0 Å². The summed E-state index contributed by atoms with van der Waals surface area (Å²) in [6.45, 7) is 4.03. The van der Waals surface area contributed by atoms with Crippen LogP contribution in [0.1, 0.15) is 6.92 Å². The molecule has 0 aliphatic heterocycles. The van der Waals surface area contributed by atoms with Crippen molar-refractivity contribution in [2.45, 2.75) is 6.92 Å². The number of methoxy groups -OCH3 is 1. The van der Waals surface area contributed by atoms with Crippen LogP contribution in [-0.4, -0.2) is 44.3 Å². The number of aromatic nitrogens is 1. The van der Waals surface area contributed by atoms with Crippen LogP contribution in [0.4, 0.5) is 5.13 Å². The molecule has 8 heteroatoms. The van der Waals surface area contributed by atoms with Crippen molar-refractivity contribution in [1.29, 1.82) is 0 Å². The van der Waals surface area contributed by atoms with Gasteiger partial charge in [0.25, 0.3) is 0 Å². The van der Waals surface area contributed by atoms with Crippen LogP contribution in [0.3, 0.4) is 0 Å². The van der Waals surface area contributed by atoms with Gasteiger partial charge in [-0.3, -0.25) is 4.79 Å². The summed E-state index contributed by atoms with van der Waals surface area (Å²) in [5.41, 5.74) is 0.853. The zero-order chi connectivity index (χ0) is 15.1. The lowest BCUT2D eigenvalue weighted by Gasteiger charge is -2.03. The van der Waals surface area contributed by atoms with Crippen molar-refractivity contribution in [2.75, 3.05) is 38.7 Å². The summed E-state index contributed by atoms with van der Waals surface area (Å²) >= 11 is 1.43. The van der Waals surface area contributed by atoms with E-state index >= 15 is 0 Å². The summed E-state index contributed by atoms with van der Waals surface area (Å²) in [7, 11) is 1.62. The standard InChI is InChI=1S/C14H19N3O3S.ClH/c1-3-20-10-4-5-11-12(8-10)21-14(16-11)17-13(18)9-15-6-7-19-2;/h4-5,8,15H,3,6-7,9H2,1-2H3,(H,16,17,18);1H. The highest BCUT2D eigenvalue weighted by Crippen LogP contribution is 2.29. The third-order valence-corrected chi connectivity index (χ3v) is 3.62. The van der Waals surface area contributed by atoms with Crippen molar-refractivity contribution in [1.82, 2.24) is 10.3 Å². The van der Waals surface area contributed by atoms with Gasteiger partial charge in [-0.2, -0.15) is 0 Å². The van der Waals surface area contributed by atoms with Gasteiger partial charge >= 0.3 is 0 Å². The van der Waals surface area contributed by atoms with E-state index in [1.54, 1.807) is 7.11 Å². The Morgan fingerprint density at radius 1 is 1.41 bits per heavy atom. The molecule has 0 bridgehead atoms. The zero-order valence-corrected chi connectivity index (χ0v) is 14.2. The van der Waals surface area contributed by atoms with E-state index in [4.69, 9.17) is 9.47 Å². The highest BCUT2D eigenvalue weighted by molar-refractivity contribution is 7.22. The fourth-order valence-corrected chi connectivity index (χ4v) is 2.66. The Morgan fingerprint density at radius 2 is 2.23 bits per heavy atom. The van der Waals surface area contributed by atoms with Crippen LogP contribution >= 0.6 is 23.7 Å². The first-order valence-electron chi connectivity index (χ1n) is 6.76. The number of ether oxygens (including phenoxy) is 2. The number of carbonyl (C=O) groups is 1. The number of halogens is 1. The lowest BCUT2D eigenvalue weighted by Crippen LogP contribution is -2.30. The normalized spacial score (nSPS) is 10.3. The summed E-state index contributed by atoms with van der Waals surface area (Å²) in [5, 5.41) is 6.36. The Kier molecular flexibility index (Phi) is 8.11. The number of thiazole rings is 1. The topological polar surface area (TPSA) is 72.5 Å². The molecule has 1 aromatic carbocycles. The van der Waals surface area contributed by atoms with E-state index in [1.165, 1.54) is 11.3 Å². The number of rotatable bonds is 8. The first kappa shape index (κ1) is 18.6. The first-order valence-corrected chi connectivity index (χ1v) is 7.57. The molecule has 0 atom stereocenters. The van der Waals surface area contributed by atoms with Gasteiger partial charge in [-0.05, 0) is 25.1 Å². The molecule has 1 aromatic heterocycles. The van der Waals surface area contributed by atoms with E-state index in [1.807, 2.05) is 25.1 Å². The molecule has 22 heavy (non-hydrogen) atoms. The van der Waals surface area contributed by atoms with Gasteiger partial charge in [0.1, 0.15) is 5.75 Å². The monoisotopic (exact) mass is 345 g/mol. The molecule has 6 nitrogen and oxygen atoms in total. The predicted octanol–water partition coefficient (Wildman–Crippen LogP) is 2.29. The van der Waals surface area contributed by atoms with Crippen LogP contribution in [0.2, 0.25) is 0 Å². The van der Waals surface area contributed by atoms with Gasteiger partial charge in [0.2, 0.25) is 5.91 Å². The Labute approximate surface area is 139 Å². The molecule has 0 saturated heterocycles. The molecule has 0 unspecified atom stereocenters. The van der Waals surface area contributed by atoms with Gasteiger partial charge in [-0.1, -0.05) is 11.3 Å². The molecule has 0 fully saturated rings. The van der Waals surface area contributed by atoms with Crippen molar-refractivity contribution in [2.24, 2.45) is 0 Å². The fourth-order valence-electron chi connectivity index (χ4n) is 1.75. The highest BCUT2D eigenvalue weighted by atomic mass is 35.5. The number of hydrogen-bond acceptors (Lipinski definition) is 6. The molecule has 2 aromatic rings. The summed E-state index contributed by atoms with van der Waals surface area (Å²) in [5.74, 6) is 0.697. The van der Waals surface area contributed by atoms with Crippen molar-refractivity contribution in [3.8, 4) is 5.75 Å². The zero-order valence-electron chi connectivity index (χ0n) is 12.5. The van der Waals surface area contributed by atoms with Gasteiger partial charge in [0.15, 0.2) is 5.13 Å². The molecule has 1 amide bonds. The minimum Gasteiger partial charge on any atom is -0.494 e. The number of nitrogens with one attached hydrogen (secondary N) is 2. The number of amides is 1. The molecule has 0 radical (unpaired) electrons. The fraction of sp³-hybridized carbons (Fsp3) is 0.429. The molecule has 1 heterocycles. The van der Waals surface area contributed by atoms with E-state index in [-0.39, 0.29) is 24.9 Å². The van der Waals surface area contributed by atoms with Crippen LogP contribution < -0.4 is 15.4 Å². The maximum Gasteiger partial charge on any atom is 0.240 e. The van der Waals surface area contributed by atoms with Crippen LogP contribution in [0.5, 0.6) is 5.75 Å². The van der Waals surface area contributed by atoms with E-state index in [2.05, 4.69) is 15.6 Å². The smallest absolute Gasteiger partial charge is 0.240 e. The average molecular weight is 346 g/mol. The minimum absolute atomic E-state index is 0. The third kappa shape index (κ3) is 5.42. The van der Waals surface area contributed by atoms with Gasteiger partial charge in [0.05, 0.1) is 30.0 Å². The van der Waals surface area contributed by atoms with Gasteiger partial charge in [0, 0.05) is 13.7 Å². The van der Waals surface area contributed by atoms with E-state index in [9.17, 15) is 4.79 Å². The maximum atomic E-state index is 11.7. The third-order valence-electron chi connectivity index (χ3n) is 2.69. The second-order valence-electron chi connectivity index (χ2n) is 4.30. The predicted molar refractivity (Wildman–Crippen MR) is 91.4 cm³/mol. The van der Waals surface area contributed by atoms with Crippen LogP contribution in [-0.2, 0) is 9.53 Å². The Morgan fingerprint density at radius 3 is 2.95 bits per heavy atom. The van der Waals surface area contributed by atoms with Crippen molar-refractivity contribution in [3.63, 3.8) is 0 Å². The molecular formula is C14H20ClN3O3S. The molecule has 2 rings (SSSR count). The lowest BCUT2D eigenvalue weighted by atomic mass is 10.3. The molecular weight excluding hydrogens is 326 g/mol. The number of carbonyl (C=O) groups excluding carboxylic acids is 1. The van der Waals surface area contributed by atoms with E-state index < -0.39 is 0 Å². The second-order valence-corrected chi connectivity index (χ2v) is 5.33. The van der Waals surface area contributed by atoms with Crippen molar-refractivity contribution >= 4 is 45.0 Å². The number of benzene rings is 1. The van der Waals surface area contributed by atoms with Crippen LogP contribution in [0.25, 0.3) is 10.2 Å². The summed E-state index contributed by atoms with van der Waals surface area (Å²) in [6.07, 6.45) is 0. The number of fused-ring (bicyclic) bond motifs is 1. The average Bonchev–Trinajstić information content (AvgIpc) is 2.85. The summed E-state index contributed by atoms with van der Waals surface area (Å²) in [4.78, 5) is 16.1. The van der Waals surface area contributed by atoms with Crippen molar-refractivity contribution in [3.05, 3.63) is 18.2 Å². The molecule has 2 N–H and O–H groups in total. The summed E-state index contributed by atoms with van der Waals surface area (Å²) in [6, 6.07) is 5.70. The molecule has 0 spiro atoms. The Bertz CT molecular complexity index is 606. The van der Waals surface area contributed by atoms with E-state index in [0.29, 0.717) is 24.9 Å². The number of anilines is 1. The van der Waals surface area contributed by atoms with Gasteiger partial charge in [-0.15, -0.1) is 12.4 Å². The molecule has 0 aliphatic carbocycles. The Hall–Kier alpha value is -1.41. The lowest BCUT2D eigenvalue weighted by molar-refractivity contribution is -0.115. The van der Waals surface area contributed by atoms with Crippen molar-refractivity contribution < 1.29 is 14.3 Å². The van der Waals surface area contributed by atoms with Gasteiger partial charge in [-0.25, -0.2) is 4.98 Å². The molecule has 0 saturated carbocycles. The van der Waals surface area contributed by atoms with Crippen LogP contribution in [0, 0.1) is 0 Å². The summed E-state index contributed by atoms with van der Waals surface area (Å²) < 4.78 is 11.3. The Balaban J connectivity index is 0.00000242. The molecule has 122 valence electrons. The SMILES string of the molecule is CCOc1ccc2nc(NC(=O)CNCCOC)sc2c1.Cl. The van der Waals surface area contributed by atoms with Gasteiger partial charge < -0.3 is 20.1 Å². The second kappa shape index (κ2) is 9.58. The molecule has 0 aliphatic rings. The highest BCUT2D eigenvalue weighted by Gasteiger charge is 2.08.